The van der Waals surface area contributed by atoms with E-state index in [0.717, 1.165) is 12.1 Å². The van der Waals surface area contributed by atoms with E-state index in [1.54, 1.807) is 0 Å². The summed E-state index contributed by atoms with van der Waals surface area (Å²) < 4.78 is 26.9. The highest BCUT2D eigenvalue weighted by atomic mass is 35.5. The minimum atomic E-state index is -3.55. The van der Waals surface area contributed by atoms with Gasteiger partial charge in [0.05, 0.1) is 14.9 Å². The number of hydrogen-bond acceptors (Lipinski definition) is 3. The fraction of sp³-hybridized carbons (Fsp3) is 0.250. The second kappa shape index (κ2) is 6.69. The maximum Gasteiger partial charge on any atom is 0.243 e. The zero-order chi connectivity index (χ0) is 16.4. The Balaban J connectivity index is 1.73. The van der Waals surface area contributed by atoms with Gasteiger partial charge in [-0.25, -0.2) is 8.42 Å². The quantitative estimate of drug-likeness (QED) is 0.888. The Bertz CT molecular complexity index is 797. The van der Waals surface area contributed by atoms with Gasteiger partial charge < -0.3 is 5.32 Å². The van der Waals surface area contributed by atoms with Crippen LogP contribution in [0.3, 0.4) is 0 Å². The van der Waals surface area contributed by atoms with Gasteiger partial charge >= 0.3 is 0 Å². The van der Waals surface area contributed by atoms with Crippen molar-refractivity contribution in [1.29, 1.82) is 0 Å². The molecule has 0 amide bonds. The van der Waals surface area contributed by atoms with Crippen molar-refractivity contribution in [3.8, 4) is 0 Å². The van der Waals surface area contributed by atoms with Crippen LogP contribution < -0.4 is 5.32 Å². The number of hydrogen-bond donors (Lipinski definition) is 1. The molecule has 0 bridgehead atoms. The topological polar surface area (TPSA) is 49.4 Å². The van der Waals surface area contributed by atoms with Crippen molar-refractivity contribution < 1.29 is 8.42 Å². The summed E-state index contributed by atoms with van der Waals surface area (Å²) in [5.41, 5.74) is 0.992. The maximum absolute atomic E-state index is 12.7. The van der Waals surface area contributed by atoms with Crippen LogP contribution in [0.5, 0.6) is 0 Å². The average Bonchev–Trinajstić information content (AvgIpc) is 3.00. The minimum Gasteiger partial charge on any atom is -0.381 e. The van der Waals surface area contributed by atoms with Crippen LogP contribution in [0.15, 0.2) is 53.4 Å². The molecule has 0 saturated carbocycles. The average molecular weight is 371 g/mol. The molecule has 2 aromatic rings. The summed E-state index contributed by atoms with van der Waals surface area (Å²) in [4.78, 5) is 0.173. The first-order valence-corrected chi connectivity index (χ1v) is 9.43. The number of sulfonamides is 1. The fourth-order valence-electron chi connectivity index (χ4n) is 2.62. The van der Waals surface area contributed by atoms with E-state index in [9.17, 15) is 8.42 Å². The highest BCUT2D eigenvalue weighted by Crippen LogP contribution is 2.28. The van der Waals surface area contributed by atoms with Crippen LogP contribution in [0.4, 0.5) is 5.69 Å². The molecule has 1 heterocycles. The van der Waals surface area contributed by atoms with Crippen LogP contribution in [-0.4, -0.2) is 31.9 Å². The van der Waals surface area contributed by atoms with Crippen LogP contribution in [0.25, 0.3) is 0 Å². The van der Waals surface area contributed by atoms with Gasteiger partial charge in [-0.3, -0.25) is 0 Å². The smallest absolute Gasteiger partial charge is 0.243 e. The molecule has 0 spiro atoms. The summed E-state index contributed by atoms with van der Waals surface area (Å²) in [6.45, 7) is 0.907. The van der Waals surface area contributed by atoms with E-state index in [4.69, 9.17) is 23.2 Å². The molecule has 0 aromatic heterocycles. The number of benzene rings is 2. The van der Waals surface area contributed by atoms with Crippen molar-refractivity contribution in [2.75, 3.05) is 18.4 Å². The van der Waals surface area contributed by atoms with Crippen molar-refractivity contribution in [3.05, 3.63) is 58.6 Å². The standard InChI is InChI=1S/C16H16Cl2N2O2S/c17-15-7-6-14(10-16(15)18)23(21,22)20-9-8-13(11-20)19-12-4-2-1-3-5-12/h1-7,10,13,19H,8-9,11H2. The van der Waals surface area contributed by atoms with Crippen LogP contribution in [0, 0.1) is 0 Å². The monoisotopic (exact) mass is 370 g/mol. The van der Waals surface area contributed by atoms with E-state index >= 15 is 0 Å². The maximum atomic E-state index is 12.7. The predicted molar refractivity (Wildman–Crippen MR) is 93.7 cm³/mol. The van der Waals surface area contributed by atoms with Gasteiger partial charge in [0.1, 0.15) is 0 Å². The number of halogens is 2. The molecule has 1 saturated heterocycles. The first-order valence-electron chi connectivity index (χ1n) is 7.23. The normalized spacial score (nSPS) is 19.0. The number of anilines is 1. The lowest BCUT2D eigenvalue weighted by atomic mass is 10.2. The summed E-state index contributed by atoms with van der Waals surface area (Å²) in [5.74, 6) is 0. The van der Waals surface area contributed by atoms with Crippen molar-refractivity contribution in [1.82, 2.24) is 4.31 Å². The molecular weight excluding hydrogens is 355 g/mol. The molecule has 1 aliphatic rings. The summed E-state index contributed by atoms with van der Waals surface area (Å²) in [6, 6.07) is 14.3. The Kier molecular flexibility index (Phi) is 4.82. The lowest BCUT2D eigenvalue weighted by molar-refractivity contribution is 0.474. The molecule has 122 valence electrons. The molecule has 1 atom stereocenters. The predicted octanol–water partition coefficient (Wildman–Crippen LogP) is 3.87. The van der Waals surface area contributed by atoms with Crippen LogP contribution in [0.2, 0.25) is 10.0 Å². The highest BCUT2D eigenvalue weighted by Gasteiger charge is 2.32. The molecular formula is C16H16Cl2N2O2S. The second-order valence-corrected chi connectivity index (χ2v) is 8.19. The van der Waals surface area contributed by atoms with Crippen LogP contribution in [-0.2, 0) is 10.0 Å². The third-order valence-corrected chi connectivity index (χ3v) is 6.42. The molecule has 1 N–H and O–H groups in total. The molecule has 0 aliphatic carbocycles. The zero-order valence-electron chi connectivity index (χ0n) is 12.2. The number of para-hydroxylation sites is 1. The summed E-state index contributed by atoms with van der Waals surface area (Å²) in [6.07, 6.45) is 0.759. The molecule has 1 fully saturated rings. The van der Waals surface area contributed by atoms with Gasteiger partial charge in [-0.05, 0) is 36.8 Å². The lowest BCUT2D eigenvalue weighted by Crippen LogP contribution is -2.31. The van der Waals surface area contributed by atoms with E-state index in [1.165, 1.54) is 22.5 Å². The Morgan fingerprint density at radius 3 is 2.48 bits per heavy atom. The molecule has 23 heavy (non-hydrogen) atoms. The molecule has 1 unspecified atom stereocenters. The van der Waals surface area contributed by atoms with E-state index in [1.807, 2.05) is 30.3 Å². The molecule has 0 radical (unpaired) electrons. The van der Waals surface area contributed by atoms with Crippen molar-refractivity contribution in [2.24, 2.45) is 0 Å². The molecule has 1 aliphatic heterocycles. The Labute approximate surface area is 146 Å². The second-order valence-electron chi connectivity index (χ2n) is 5.43. The van der Waals surface area contributed by atoms with Crippen molar-refractivity contribution in [3.63, 3.8) is 0 Å². The van der Waals surface area contributed by atoms with Crippen LogP contribution in [0.1, 0.15) is 6.42 Å². The van der Waals surface area contributed by atoms with Crippen LogP contribution >= 0.6 is 23.2 Å². The van der Waals surface area contributed by atoms with E-state index in [-0.39, 0.29) is 16.0 Å². The first-order chi connectivity index (χ1) is 11.0. The molecule has 2 aromatic carbocycles. The fourth-order valence-corrected chi connectivity index (χ4v) is 4.51. The van der Waals surface area contributed by atoms with Gasteiger partial charge in [-0.2, -0.15) is 4.31 Å². The Morgan fingerprint density at radius 2 is 1.78 bits per heavy atom. The van der Waals surface area contributed by atoms with E-state index in [2.05, 4.69) is 5.32 Å². The molecule has 7 heteroatoms. The third-order valence-electron chi connectivity index (χ3n) is 3.82. The molecule has 4 nitrogen and oxygen atoms in total. The van der Waals surface area contributed by atoms with Gasteiger partial charge in [-0.1, -0.05) is 41.4 Å². The van der Waals surface area contributed by atoms with E-state index < -0.39 is 10.0 Å². The highest BCUT2D eigenvalue weighted by molar-refractivity contribution is 7.89. The van der Waals surface area contributed by atoms with Gasteiger partial charge in [-0.15, -0.1) is 0 Å². The van der Waals surface area contributed by atoms with Gasteiger partial charge in [0.2, 0.25) is 10.0 Å². The zero-order valence-corrected chi connectivity index (χ0v) is 14.6. The van der Waals surface area contributed by atoms with Gasteiger partial charge in [0.25, 0.3) is 0 Å². The SMILES string of the molecule is O=S(=O)(c1ccc(Cl)c(Cl)c1)N1CCC(Nc2ccccc2)C1. The molecule has 3 rings (SSSR count). The summed E-state index contributed by atoms with van der Waals surface area (Å²) in [7, 11) is -3.55. The number of nitrogens with zero attached hydrogens (tertiary/aromatic N) is 1. The Hall–Kier alpha value is -1.27. The largest absolute Gasteiger partial charge is 0.381 e. The van der Waals surface area contributed by atoms with Crippen molar-refractivity contribution >= 4 is 38.9 Å². The summed E-state index contributed by atoms with van der Waals surface area (Å²) >= 11 is 11.8. The van der Waals surface area contributed by atoms with Crippen molar-refractivity contribution in [2.45, 2.75) is 17.4 Å². The van der Waals surface area contributed by atoms with Gasteiger partial charge in [0.15, 0.2) is 0 Å². The lowest BCUT2D eigenvalue weighted by Gasteiger charge is -2.18. The Morgan fingerprint density at radius 1 is 1.04 bits per heavy atom. The number of nitrogens with one attached hydrogen (secondary N) is 1. The summed E-state index contributed by atoms with van der Waals surface area (Å²) in [5, 5.41) is 3.95. The van der Waals surface area contributed by atoms with Gasteiger partial charge in [0, 0.05) is 24.8 Å². The first kappa shape index (κ1) is 16.6. The third kappa shape index (κ3) is 3.63. The minimum absolute atomic E-state index is 0.0925. The van der Waals surface area contributed by atoms with E-state index in [0.29, 0.717) is 18.1 Å². The number of rotatable bonds is 4.